The summed E-state index contributed by atoms with van der Waals surface area (Å²) in [4.78, 5) is 11.7. The van der Waals surface area contributed by atoms with Gasteiger partial charge in [0.1, 0.15) is 0 Å². The molecule has 112 valence electrons. The maximum absolute atomic E-state index is 11.7. The topological polar surface area (TPSA) is 76.4 Å². The number of amides is 1. The molecule has 0 fully saturated rings. The number of aliphatic hydroxyl groups is 1. The second-order valence-electron chi connectivity index (χ2n) is 4.56. The molecule has 1 heterocycles. The lowest BCUT2D eigenvalue weighted by molar-refractivity contribution is -0.127. The minimum Gasteiger partial charge on any atom is -0.463 e. The fourth-order valence-electron chi connectivity index (χ4n) is 1.76. The zero-order valence-corrected chi connectivity index (χ0v) is 11.9. The maximum atomic E-state index is 11.7. The monoisotopic (exact) mass is 289 g/mol. The summed E-state index contributed by atoms with van der Waals surface area (Å²) in [5.41, 5.74) is 0.924. The molecule has 0 spiro atoms. The number of ether oxygens (including phenoxy) is 1. The largest absolute Gasteiger partial charge is 0.463 e. The number of rotatable bonds is 7. The van der Waals surface area contributed by atoms with Crippen molar-refractivity contribution in [3.05, 3.63) is 42.6 Å². The first-order chi connectivity index (χ1) is 10.2. The van der Waals surface area contributed by atoms with Crippen LogP contribution in [-0.4, -0.2) is 40.0 Å². The molecule has 1 atom stereocenters. The van der Waals surface area contributed by atoms with E-state index in [0.29, 0.717) is 18.8 Å². The third-order valence-corrected chi connectivity index (χ3v) is 2.89. The highest BCUT2D eigenvalue weighted by molar-refractivity contribution is 5.80. The SMILES string of the molecule is CC(Oc1ccn(-c2ccccc2)n1)C(=O)NCCCO. The van der Waals surface area contributed by atoms with E-state index in [2.05, 4.69) is 10.4 Å². The van der Waals surface area contributed by atoms with Crippen LogP contribution in [0.5, 0.6) is 5.88 Å². The summed E-state index contributed by atoms with van der Waals surface area (Å²) in [6, 6.07) is 11.4. The van der Waals surface area contributed by atoms with Gasteiger partial charge in [-0.1, -0.05) is 18.2 Å². The number of aliphatic hydroxyl groups excluding tert-OH is 1. The summed E-state index contributed by atoms with van der Waals surface area (Å²) in [6.07, 6.45) is 1.67. The lowest BCUT2D eigenvalue weighted by Crippen LogP contribution is -2.37. The molecule has 0 saturated heterocycles. The molecule has 0 aliphatic heterocycles. The predicted molar refractivity (Wildman–Crippen MR) is 78.4 cm³/mol. The fourth-order valence-corrected chi connectivity index (χ4v) is 1.76. The van der Waals surface area contributed by atoms with Crippen molar-refractivity contribution in [2.45, 2.75) is 19.4 Å². The summed E-state index contributed by atoms with van der Waals surface area (Å²) < 4.78 is 7.19. The van der Waals surface area contributed by atoms with Gasteiger partial charge in [0, 0.05) is 25.4 Å². The van der Waals surface area contributed by atoms with Gasteiger partial charge in [0.2, 0.25) is 5.88 Å². The first-order valence-electron chi connectivity index (χ1n) is 6.87. The Bertz CT molecular complexity index is 569. The van der Waals surface area contributed by atoms with Gasteiger partial charge < -0.3 is 15.2 Å². The Balaban J connectivity index is 1.91. The summed E-state index contributed by atoms with van der Waals surface area (Å²) in [7, 11) is 0. The van der Waals surface area contributed by atoms with Gasteiger partial charge in [-0.15, -0.1) is 5.10 Å². The van der Waals surface area contributed by atoms with Crippen LogP contribution in [0.4, 0.5) is 0 Å². The zero-order valence-electron chi connectivity index (χ0n) is 11.9. The van der Waals surface area contributed by atoms with Crippen molar-refractivity contribution >= 4 is 5.91 Å². The Morgan fingerprint density at radius 2 is 2.14 bits per heavy atom. The highest BCUT2D eigenvalue weighted by Gasteiger charge is 2.15. The first kappa shape index (κ1) is 15.1. The molecule has 1 unspecified atom stereocenters. The van der Waals surface area contributed by atoms with E-state index in [-0.39, 0.29) is 12.5 Å². The number of carbonyl (C=O) groups excluding carboxylic acids is 1. The minimum absolute atomic E-state index is 0.0526. The fraction of sp³-hybridized carbons (Fsp3) is 0.333. The molecular weight excluding hydrogens is 270 g/mol. The average molecular weight is 289 g/mol. The van der Waals surface area contributed by atoms with E-state index in [1.165, 1.54) is 0 Å². The molecule has 21 heavy (non-hydrogen) atoms. The molecule has 2 rings (SSSR count). The summed E-state index contributed by atoms with van der Waals surface area (Å²) in [5.74, 6) is 0.168. The number of hydrogen-bond acceptors (Lipinski definition) is 4. The predicted octanol–water partition coefficient (Wildman–Crippen LogP) is 1.14. The molecule has 0 saturated carbocycles. The molecule has 1 aromatic carbocycles. The highest BCUT2D eigenvalue weighted by atomic mass is 16.5. The zero-order chi connectivity index (χ0) is 15.1. The second kappa shape index (κ2) is 7.44. The number of nitrogens with one attached hydrogen (secondary N) is 1. The van der Waals surface area contributed by atoms with Gasteiger partial charge in [-0.3, -0.25) is 4.79 Å². The molecule has 6 heteroatoms. The Kier molecular flexibility index (Phi) is 5.34. The Morgan fingerprint density at radius 3 is 2.86 bits per heavy atom. The van der Waals surface area contributed by atoms with Gasteiger partial charge in [-0.05, 0) is 25.5 Å². The number of hydrogen-bond donors (Lipinski definition) is 2. The third-order valence-electron chi connectivity index (χ3n) is 2.89. The van der Waals surface area contributed by atoms with Crippen LogP contribution in [0.2, 0.25) is 0 Å². The van der Waals surface area contributed by atoms with Gasteiger partial charge in [0.15, 0.2) is 6.10 Å². The van der Waals surface area contributed by atoms with E-state index < -0.39 is 6.10 Å². The quantitative estimate of drug-likeness (QED) is 0.749. The third kappa shape index (κ3) is 4.32. The smallest absolute Gasteiger partial charge is 0.260 e. The van der Waals surface area contributed by atoms with Crippen molar-refractivity contribution in [2.75, 3.05) is 13.2 Å². The van der Waals surface area contributed by atoms with Crippen LogP contribution in [0, 0.1) is 0 Å². The van der Waals surface area contributed by atoms with Crippen molar-refractivity contribution < 1.29 is 14.6 Å². The minimum atomic E-state index is -0.636. The molecule has 0 radical (unpaired) electrons. The standard InChI is InChI=1S/C15H19N3O3/c1-12(15(20)16-9-5-11-19)21-14-8-10-18(17-14)13-6-3-2-4-7-13/h2-4,6-8,10,12,19H,5,9,11H2,1H3,(H,16,20). The van der Waals surface area contributed by atoms with Gasteiger partial charge in [0.25, 0.3) is 5.91 Å². The van der Waals surface area contributed by atoms with Crippen LogP contribution in [0.15, 0.2) is 42.6 Å². The molecule has 1 amide bonds. The van der Waals surface area contributed by atoms with Crippen molar-refractivity contribution in [1.29, 1.82) is 0 Å². The van der Waals surface area contributed by atoms with Crippen molar-refractivity contribution in [3.8, 4) is 11.6 Å². The molecule has 0 bridgehead atoms. The van der Waals surface area contributed by atoms with Gasteiger partial charge in [-0.2, -0.15) is 0 Å². The normalized spacial score (nSPS) is 11.9. The highest BCUT2D eigenvalue weighted by Crippen LogP contribution is 2.12. The van der Waals surface area contributed by atoms with Crippen LogP contribution in [0.3, 0.4) is 0 Å². The van der Waals surface area contributed by atoms with E-state index in [0.717, 1.165) is 5.69 Å². The van der Waals surface area contributed by atoms with Crippen molar-refractivity contribution in [3.63, 3.8) is 0 Å². The molecule has 2 aromatic rings. The summed E-state index contributed by atoms with van der Waals surface area (Å²) in [6.45, 7) is 2.15. The number of nitrogens with zero attached hydrogens (tertiary/aromatic N) is 2. The average Bonchev–Trinajstić information content (AvgIpc) is 2.97. The van der Waals surface area contributed by atoms with Crippen molar-refractivity contribution in [1.82, 2.24) is 15.1 Å². The lowest BCUT2D eigenvalue weighted by atomic mass is 10.3. The molecule has 6 nitrogen and oxygen atoms in total. The van der Waals surface area contributed by atoms with Crippen LogP contribution in [0.1, 0.15) is 13.3 Å². The molecule has 0 aliphatic rings. The summed E-state index contributed by atoms with van der Waals surface area (Å²) in [5, 5.41) is 15.6. The molecular formula is C15H19N3O3. The van der Waals surface area contributed by atoms with E-state index in [4.69, 9.17) is 9.84 Å². The summed E-state index contributed by atoms with van der Waals surface area (Å²) >= 11 is 0. The van der Waals surface area contributed by atoms with Crippen LogP contribution >= 0.6 is 0 Å². The number of carbonyl (C=O) groups is 1. The van der Waals surface area contributed by atoms with Gasteiger partial charge >= 0.3 is 0 Å². The Hall–Kier alpha value is -2.34. The Morgan fingerprint density at radius 1 is 1.38 bits per heavy atom. The molecule has 0 aliphatic carbocycles. The van der Waals surface area contributed by atoms with E-state index in [9.17, 15) is 4.79 Å². The Labute approximate surface area is 123 Å². The number of benzene rings is 1. The maximum Gasteiger partial charge on any atom is 0.260 e. The van der Waals surface area contributed by atoms with Crippen LogP contribution in [-0.2, 0) is 4.79 Å². The molecule has 2 N–H and O–H groups in total. The van der Waals surface area contributed by atoms with Gasteiger partial charge in [0.05, 0.1) is 5.69 Å². The molecule has 1 aromatic heterocycles. The number of para-hydroxylation sites is 1. The number of aromatic nitrogens is 2. The first-order valence-corrected chi connectivity index (χ1v) is 6.87. The van der Waals surface area contributed by atoms with Crippen LogP contribution < -0.4 is 10.1 Å². The van der Waals surface area contributed by atoms with E-state index in [1.807, 2.05) is 30.3 Å². The van der Waals surface area contributed by atoms with Crippen molar-refractivity contribution in [2.24, 2.45) is 0 Å². The van der Waals surface area contributed by atoms with Gasteiger partial charge in [-0.25, -0.2) is 4.68 Å². The van der Waals surface area contributed by atoms with E-state index >= 15 is 0 Å². The second-order valence-corrected chi connectivity index (χ2v) is 4.56. The van der Waals surface area contributed by atoms with Crippen LogP contribution in [0.25, 0.3) is 5.69 Å². The lowest BCUT2D eigenvalue weighted by Gasteiger charge is -2.12. The van der Waals surface area contributed by atoms with E-state index in [1.54, 1.807) is 23.9 Å².